The molecule has 0 unspecified atom stereocenters. The zero-order valence-electron chi connectivity index (χ0n) is 15.5. The number of nitrogens with two attached hydrogens (primary N) is 1. The van der Waals surface area contributed by atoms with Crippen molar-refractivity contribution in [3.05, 3.63) is 76.5 Å². The SMILES string of the molecule is C=N/C(N)=C(\C=C(C)C)S(=O)(=O)Nc1cc(-c2ccccc2)ccc1C(=O)O. The molecule has 28 heavy (non-hydrogen) atoms. The molecule has 7 nitrogen and oxygen atoms in total. The molecule has 0 radical (unpaired) electrons. The number of rotatable bonds is 7. The highest BCUT2D eigenvalue weighted by Gasteiger charge is 2.22. The smallest absolute Gasteiger partial charge is 0.337 e. The van der Waals surface area contributed by atoms with E-state index in [2.05, 4.69) is 16.4 Å². The van der Waals surface area contributed by atoms with Gasteiger partial charge in [0.1, 0.15) is 10.7 Å². The van der Waals surface area contributed by atoms with Crippen LogP contribution in [0.1, 0.15) is 24.2 Å². The van der Waals surface area contributed by atoms with Crippen molar-refractivity contribution in [1.29, 1.82) is 0 Å². The number of benzene rings is 2. The molecule has 0 heterocycles. The highest BCUT2D eigenvalue weighted by atomic mass is 32.2. The summed E-state index contributed by atoms with van der Waals surface area (Å²) < 4.78 is 28.1. The van der Waals surface area contributed by atoms with Crippen LogP contribution in [-0.2, 0) is 10.0 Å². The standard InChI is InChI=1S/C20H21N3O4S/c1-13(2)11-18(19(21)22-3)28(26,27)23-17-12-15(9-10-16(17)20(24)25)14-7-5-4-6-8-14/h4-12,23H,3,21H2,1-2H3,(H,24,25)/b19-18+. The molecule has 4 N–H and O–H groups in total. The van der Waals surface area contributed by atoms with Crippen LogP contribution < -0.4 is 10.5 Å². The van der Waals surface area contributed by atoms with Crippen LogP contribution in [-0.4, -0.2) is 26.2 Å². The van der Waals surface area contributed by atoms with Crippen LogP contribution in [0.3, 0.4) is 0 Å². The Balaban J connectivity index is 2.61. The summed E-state index contributed by atoms with van der Waals surface area (Å²) in [6, 6.07) is 13.6. The zero-order chi connectivity index (χ0) is 20.9. The summed E-state index contributed by atoms with van der Waals surface area (Å²) in [5.74, 6) is -1.55. The molecule has 0 bridgehead atoms. The third kappa shape index (κ3) is 4.86. The predicted octanol–water partition coefficient (Wildman–Crippen LogP) is 3.59. The van der Waals surface area contributed by atoms with Gasteiger partial charge in [-0.1, -0.05) is 42.0 Å². The molecule has 8 heteroatoms. The number of hydrogen-bond acceptors (Lipinski definition) is 5. The molecule has 0 atom stereocenters. The van der Waals surface area contributed by atoms with Gasteiger partial charge in [0.15, 0.2) is 0 Å². The predicted molar refractivity (Wildman–Crippen MR) is 112 cm³/mol. The van der Waals surface area contributed by atoms with E-state index in [-0.39, 0.29) is 22.0 Å². The van der Waals surface area contributed by atoms with Crippen molar-refractivity contribution < 1.29 is 18.3 Å². The Kier molecular flexibility index (Phi) is 6.37. The lowest BCUT2D eigenvalue weighted by molar-refractivity contribution is 0.0698. The van der Waals surface area contributed by atoms with E-state index < -0.39 is 16.0 Å². The van der Waals surface area contributed by atoms with Crippen molar-refractivity contribution in [2.24, 2.45) is 10.7 Å². The number of sulfonamides is 1. The minimum atomic E-state index is -4.21. The fraction of sp³-hybridized carbons (Fsp3) is 0.100. The van der Waals surface area contributed by atoms with Gasteiger partial charge in [0.25, 0.3) is 10.0 Å². The second-order valence-electron chi connectivity index (χ2n) is 6.17. The Hall–Kier alpha value is -3.39. The van der Waals surface area contributed by atoms with Gasteiger partial charge in [-0.05, 0) is 49.9 Å². The summed E-state index contributed by atoms with van der Waals surface area (Å²) in [4.78, 5) is 14.8. The van der Waals surface area contributed by atoms with Crippen molar-refractivity contribution in [2.45, 2.75) is 13.8 Å². The van der Waals surface area contributed by atoms with Gasteiger partial charge < -0.3 is 10.8 Å². The molecule has 2 rings (SSSR count). The van der Waals surface area contributed by atoms with Crippen molar-refractivity contribution in [2.75, 3.05) is 4.72 Å². The van der Waals surface area contributed by atoms with Crippen LogP contribution in [0.4, 0.5) is 5.69 Å². The van der Waals surface area contributed by atoms with Crippen LogP contribution in [0.5, 0.6) is 0 Å². The molecule has 0 fully saturated rings. The van der Waals surface area contributed by atoms with Gasteiger partial charge in [-0.15, -0.1) is 0 Å². The highest BCUT2D eigenvalue weighted by molar-refractivity contribution is 7.96. The van der Waals surface area contributed by atoms with Gasteiger partial charge >= 0.3 is 5.97 Å². The zero-order valence-corrected chi connectivity index (χ0v) is 16.3. The third-order valence-electron chi connectivity index (χ3n) is 3.73. The maximum atomic E-state index is 12.9. The summed E-state index contributed by atoms with van der Waals surface area (Å²) in [7, 11) is -4.21. The van der Waals surface area contributed by atoms with Gasteiger partial charge in [0.05, 0.1) is 11.3 Å². The fourth-order valence-corrected chi connectivity index (χ4v) is 3.75. The third-order valence-corrected chi connectivity index (χ3v) is 5.13. The average molecular weight is 399 g/mol. The van der Waals surface area contributed by atoms with E-state index in [4.69, 9.17) is 5.73 Å². The van der Waals surface area contributed by atoms with Crippen LogP contribution in [0.15, 0.2) is 75.9 Å². The summed E-state index contributed by atoms with van der Waals surface area (Å²) in [5, 5.41) is 9.45. The van der Waals surface area contributed by atoms with Crippen LogP contribution in [0.25, 0.3) is 11.1 Å². The van der Waals surface area contributed by atoms with E-state index >= 15 is 0 Å². The number of carboxylic acid groups (broad SMARTS) is 1. The number of carbonyl (C=O) groups is 1. The van der Waals surface area contributed by atoms with E-state index in [1.807, 2.05) is 30.3 Å². The monoisotopic (exact) mass is 399 g/mol. The number of anilines is 1. The lowest BCUT2D eigenvalue weighted by Crippen LogP contribution is -2.19. The molecule has 146 valence electrons. The number of nitrogens with one attached hydrogen (secondary N) is 1. The molecule has 0 aliphatic carbocycles. The maximum absolute atomic E-state index is 12.9. The first-order chi connectivity index (χ1) is 13.2. The van der Waals surface area contributed by atoms with Crippen LogP contribution >= 0.6 is 0 Å². The average Bonchev–Trinajstić information content (AvgIpc) is 2.65. The second-order valence-corrected chi connectivity index (χ2v) is 7.82. The van der Waals surface area contributed by atoms with Crippen molar-refractivity contribution >= 4 is 28.4 Å². The fourth-order valence-electron chi connectivity index (χ4n) is 2.45. The Labute approximate surface area is 164 Å². The topological polar surface area (TPSA) is 122 Å². The Morgan fingerprint density at radius 2 is 1.79 bits per heavy atom. The summed E-state index contributed by atoms with van der Waals surface area (Å²) in [6.07, 6.45) is 1.34. The highest BCUT2D eigenvalue weighted by Crippen LogP contribution is 2.28. The minimum Gasteiger partial charge on any atom is -0.478 e. The minimum absolute atomic E-state index is 0.0784. The first kappa shape index (κ1) is 20.9. The van der Waals surface area contributed by atoms with Crippen molar-refractivity contribution in [3.8, 4) is 11.1 Å². The molecule has 0 aliphatic rings. The summed E-state index contributed by atoms with van der Waals surface area (Å²) in [5.41, 5.74) is 7.57. The van der Waals surface area contributed by atoms with Gasteiger partial charge in [0, 0.05) is 0 Å². The normalized spacial score (nSPS) is 11.9. The number of aliphatic imine (C=N–C) groups is 1. The van der Waals surface area contributed by atoms with E-state index in [1.165, 1.54) is 18.2 Å². The summed E-state index contributed by atoms with van der Waals surface area (Å²) >= 11 is 0. The van der Waals surface area contributed by atoms with E-state index in [0.29, 0.717) is 11.1 Å². The Morgan fingerprint density at radius 3 is 2.32 bits per heavy atom. The van der Waals surface area contributed by atoms with Gasteiger partial charge in [0.2, 0.25) is 0 Å². The molecular formula is C20H21N3O4S. The van der Waals surface area contributed by atoms with Gasteiger partial charge in [-0.3, -0.25) is 4.72 Å². The number of carboxylic acids is 1. The molecule has 0 saturated heterocycles. The Morgan fingerprint density at radius 1 is 1.14 bits per heavy atom. The number of aromatic carboxylic acids is 1. The van der Waals surface area contributed by atoms with E-state index in [9.17, 15) is 18.3 Å². The van der Waals surface area contributed by atoms with Gasteiger partial charge in [-0.25, -0.2) is 18.2 Å². The van der Waals surface area contributed by atoms with Crippen LogP contribution in [0.2, 0.25) is 0 Å². The number of allylic oxidation sites excluding steroid dienone is 2. The molecular weight excluding hydrogens is 378 g/mol. The second kappa shape index (κ2) is 8.53. The molecule has 2 aromatic rings. The van der Waals surface area contributed by atoms with Crippen molar-refractivity contribution in [1.82, 2.24) is 0 Å². The first-order valence-electron chi connectivity index (χ1n) is 8.22. The molecule has 2 aromatic carbocycles. The lowest BCUT2D eigenvalue weighted by atomic mass is 10.0. The quantitative estimate of drug-likeness (QED) is 0.485. The number of hydrogen-bond donors (Lipinski definition) is 3. The maximum Gasteiger partial charge on any atom is 0.337 e. The molecule has 0 spiro atoms. The summed E-state index contributed by atoms with van der Waals surface area (Å²) in [6.45, 7) is 6.66. The van der Waals surface area contributed by atoms with E-state index in [0.717, 1.165) is 5.56 Å². The molecule has 0 amide bonds. The number of nitrogens with zero attached hydrogens (tertiary/aromatic N) is 1. The molecule has 0 aromatic heterocycles. The largest absolute Gasteiger partial charge is 0.478 e. The molecule has 0 aliphatic heterocycles. The van der Waals surface area contributed by atoms with E-state index in [1.54, 1.807) is 19.9 Å². The van der Waals surface area contributed by atoms with Crippen molar-refractivity contribution in [3.63, 3.8) is 0 Å². The Bertz CT molecular complexity index is 1070. The molecule has 0 saturated carbocycles. The first-order valence-corrected chi connectivity index (χ1v) is 9.71. The van der Waals surface area contributed by atoms with Crippen LogP contribution in [0, 0.1) is 0 Å². The lowest BCUT2D eigenvalue weighted by Gasteiger charge is -2.14. The van der Waals surface area contributed by atoms with Gasteiger partial charge in [-0.2, -0.15) is 0 Å².